The molecule has 3 nitrogen and oxygen atoms in total. The molecule has 5 heteroatoms. The highest BCUT2D eigenvalue weighted by molar-refractivity contribution is 6.31. The van der Waals surface area contributed by atoms with Crippen molar-refractivity contribution in [2.75, 3.05) is 12.4 Å². The van der Waals surface area contributed by atoms with Crippen molar-refractivity contribution in [1.29, 1.82) is 0 Å². The van der Waals surface area contributed by atoms with Crippen LogP contribution in [-0.4, -0.2) is 12.1 Å². The van der Waals surface area contributed by atoms with Gasteiger partial charge in [-0.1, -0.05) is 29.8 Å². The Morgan fingerprint density at radius 2 is 1.74 bits per heavy atom. The normalized spacial score (nSPS) is 10.8. The maximum Gasteiger partial charge on any atom is 0.141 e. The fraction of sp³-hybridized carbons (Fsp3) is 0.0455. The van der Waals surface area contributed by atoms with Crippen LogP contribution in [0.15, 0.2) is 72.8 Å². The molecule has 4 aromatic rings. The smallest absolute Gasteiger partial charge is 0.141 e. The van der Waals surface area contributed by atoms with Crippen LogP contribution < -0.4 is 10.1 Å². The Hall–Kier alpha value is -3.11. The summed E-state index contributed by atoms with van der Waals surface area (Å²) in [7, 11) is 1.64. The summed E-state index contributed by atoms with van der Waals surface area (Å²) in [6.07, 6.45) is 0. The lowest BCUT2D eigenvalue weighted by Crippen LogP contribution is -1.95. The Kier molecular flexibility index (Phi) is 4.65. The largest absolute Gasteiger partial charge is 0.497 e. The van der Waals surface area contributed by atoms with E-state index in [-0.39, 0.29) is 5.02 Å². The molecule has 0 aliphatic rings. The highest BCUT2D eigenvalue weighted by Gasteiger charge is 2.09. The summed E-state index contributed by atoms with van der Waals surface area (Å²) in [6, 6.07) is 22.1. The molecule has 1 aromatic heterocycles. The molecule has 0 amide bonds. The van der Waals surface area contributed by atoms with Gasteiger partial charge >= 0.3 is 0 Å². The number of anilines is 2. The molecule has 0 aliphatic heterocycles. The Morgan fingerprint density at radius 1 is 0.963 bits per heavy atom. The number of hydrogen-bond acceptors (Lipinski definition) is 3. The summed E-state index contributed by atoms with van der Waals surface area (Å²) in [5.74, 6) is 0.347. The minimum Gasteiger partial charge on any atom is -0.497 e. The van der Waals surface area contributed by atoms with E-state index in [4.69, 9.17) is 21.3 Å². The predicted octanol–water partition coefficient (Wildman–Crippen LogP) is 6.45. The Bertz CT molecular complexity index is 1110. The number of methoxy groups -OCH3 is 1. The van der Waals surface area contributed by atoms with Gasteiger partial charge in [0.25, 0.3) is 0 Å². The van der Waals surface area contributed by atoms with Crippen molar-refractivity contribution >= 4 is 33.9 Å². The number of halogens is 2. The van der Waals surface area contributed by atoms with Crippen molar-refractivity contribution < 1.29 is 9.13 Å². The third-order valence-electron chi connectivity index (χ3n) is 4.30. The quantitative estimate of drug-likeness (QED) is 0.443. The molecule has 0 unspecified atom stereocenters. The van der Waals surface area contributed by atoms with Gasteiger partial charge in [-0.2, -0.15) is 0 Å². The number of nitrogens with one attached hydrogen (secondary N) is 1. The summed E-state index contributed by atoms with van der Waals surface area (Å²) in [5, 5.41) is 4.38. The van der Waals surface area contributed by atoms with E-state index in [2.05, 4.69) is 5.32 Å². The maximum atomic E-state index is 13.5. The van der Waals surface area contributed by atoms with Gasteiger partial charge in [0.05, 0.1) is 29.0 Å². The van der Waals surface area contributed by atoms with E-state index in [0.29, 0.717) is 5.69 Å². The van der Waals surface area contributed by atoms with Crippen LogP contribution in [0.5, 0.6) is 5.75 Å². The standard InChI is InChI=1S/C22H16ClFN2O/c1-27-16-9-6-14(7-10-16)21-13-22(17-4-2-3-5-20(17)26-21)25-15-8-11-19(24)18(23)12-15/h2-13H,1H3,(H,25,26). The molecule has 1 heterocycles. The average molecular weight is 379 g/mol. The molecular weight excluding hydrogens is 363 g/mol. The van der Waals surface area contributed by atoms with Crippen LogP contribution in [0, 0.1) is 5.82 Å². The number of aromatic nitrogens is 1. The van der Waals surface area contributed by atoms with Crippen LogP contribution in [0.3, 0.4) is 0 Å². The van der Waals surface area contributed by atoms with E-state index in [1.54, 1.807) is 19.2 Å². The molecule has 0 bridgehead atoms. The second kappa shape index (κ2) is 7.25. The van der Waals surface area contributed by atoms with Crippen LogP contribution in [0.2, 0.25) is 5.02 Å². The third-order valence-corrected chi connectivity index (χ3v) is 4.59. The van der Waals surface area contributed by atoms with Crippen LogP contribution >= 0.6 is 11.6 Å². The van der Waals surface area contributed by atoms with Gasteiger partial charge in [-0.05, 0) is 54.6 Å². The highest BCUT2D eigenvalue weighted by Crippen LogP contribution is 2.32. The molecule has 0 spiro atoms. The molecule has 3 aromatic carbocycles. The van der Waals surface area contributed by atoms with E-state index in [0.717, 1.165) is 33.6 Å². The van der Waals surface area contributed by atoms with Crippen LogP contribution in [-0.2, 0) is 0 Å². The highest BCUT2D eigenvalue weighted by atomic mass is 35.5. The minimum absolute atomic E-state index is 0.0775. The second-order valence-corrected chi connectivity index (χ2v) is 6.46. The zero-order chi connectivity index (χ0) is 18.8. The van der Waals surface area contributed by atoms with Crippen molar-refractivity contribution in [3.8, 4) is 17.0 Å². The molecule has 1 N–H and O–H groups in total. The molecular formula is C22H16ClFN2O. The summed E-state index contributed by atoms with van der Waals surface area (Å²) in [5.41, 5.74) is 4.24. The number of nitrogens with zero attached hydrogens (tertiary/aromatic N) is 1. The first kappa shape index (κ1) is 17.3. The average Bonchev–Trinajstić information content (AvgIpc) is 2.71. The predicted molar refractivity (Wildman–Crippen MR) is 108 cm³/mol. The molecule has 27 heavy (non-hydrogen) atoms. The Morgan fingerprint density at radius 3 is 2.48 bits per heavy atom. The first-order valence-electron chi connectivity index (χ1n) is 8.40. The second-order valence-electron chi connectivity index (χ2n) is 6.05. The van der Waals surface area contributed by atoms with Crippen LogP contribution in [0.25, 0.3) is 22.2 Å². The van der Waals surface area contributed by atoms with E-state index in [9.17, 15) is 4.39 Å². The summed E-state index contributed by atoms with van der Waals surface area (Å²) in [6.45, 7) is 0. The topological polar surface area (TPSA) is 34.1 Å². The van der Waals surface area contributed by atoms with Gasteiger partial charge in [0.2, 0.25) is 0 Å². The fourth-order valence-corrected chi connectivity index (χ4v) is 3.10. The molecule has 0 saturated heterocycles. The molecule has 0 saturated carbocycles. The number of pyridine rings is 1. The van der Waals surface area contributed by atoms with Crippen molar-refractivity contribution in [1.82, 2.24) is 4.98 Å². The van der Waals surface area contributed by atoms with E-state index in [1.807, 2.05) is 54.6 Å². The van der Waals surface area contributed by atoms with Gasteiger partial charge in [-0.25, -0.2) is 9.37 Å². The van der Waals surface area contributed by atoms with Gasteiger partial charge in [-0.15, -0.1) is 0 Å². The van der Waals surface area contributed by atoms with Crippen LogP contribution in [0.1, 0.15) is 0 Å². The Balaban J connectivity index is 1.81. The molecule has 134 valence electrons. The van der Waals surface area contributed by atoms with Crippen molar-refractivity contribution in [2.24, 2.45) is 0 Å². The number of benzene rings is 3. The van der Waals surface area contributed by atoms with Gasteiger partial charge in [0.15, 0.2) is 0 Å². The van der Waals surface area contributed by atoms with E-state index >= 15 is 0 Å². The summed E-state index contributed by atoms with van der Waals surface area (Å²) >= 11 is 5.91. The first-order valence-corrected chi connectivity index (χ1v) is 8.78. The minimum atomic E-state index is -0.444. The number of hydrogen-bond donors (Lipinski definition) is 1. The fourth-order valence-electron chi connectivity index (χ4n) is 2.92. The number of rotatable bonds is 4. The van der Waals surface area contributed by atoms with E-state index in [1.165, 1.54) is 6.07 Å². The zero-order valence-electron chi connectivity index (χ0n) is 14.5. The van der Waals surface area contributed by atoms with Crippen LogP contribution in [0.4, 0.5) is 15.8 Å². The lowest BCUT2D eigenvalue weighted by Gasteiger charge is -2.13. The number of para-hydroxylation sites is 1. The molecule has 0 radical (unpaired) electrons. The van der Waals surface area contributed by atoms with Crippen molar-refractivity contribution in [3.05, 3.63) is 83.6 Å². The van der Waals surface area contributed by atoms with Gasteiger partial charge < -0.3 is 10.1 Å². The summed E-state index contributed by atoms with van der Waals surface area (Å²) < 4.78 is 18.7. The van der Waals surface area contributed by atoms with Gasteiger partial charge in [-0.3, -0.25) is 0 Å². The molecule has 0 aliphatic carbocycles. The van der Waals surface area contributed by atoms with Gasteiger partial charge in [0, 0.05) is 16.6 Å². The number of ether oxygens (including phenoxy) is 1. The SMILES string of the molecule is COc1ccc(-c2cc(Nc3ccc(F)c(Cl)c3)c3ccccc3n2)cc1. The molecule has 4 rings (SSSR count). The Labute approximate surface area is 161 Å². The first-order chi connectivity index (χ1) is 13.1. The molecule has 0 fully saturated rings. The monoisotopic (exact) mass is 378 g/mol. The summed E-state index contributed by atoms with van der Waals surface area (Å²) in [4.78, 5) is 4.77. The van der Waals surface area contributed by atoms with Crippen molar-refractivity contribution in [3.63, 3.8) is 0 Å². The lowest BCUT2D eigenvalue weighted by molar-refractivity contribution is 0.415. The zero-order valence-corrected chi connectivity index (χ0v) is 15.3. The number of fused-ring (bicyclic) bond motifs is 1. The van der Waals surface area contributed by atoms with Crippen molar-refractivity contribution in [2.45, 2.75) is 0 Å². The third kappa shape index (κ3) is 3.57. The maximum absolute atomic E-state index is 13.5. The van der Waals surface area contributed by atoms with Gasteiger partial charge in [0.1, 0.15) is 11.6 Å². The molecule has 0 atom stereocenters. The van der Waals surface area contributed by atoms with E-state index < -0.39 is 5.82 Å². The lowest BCUT2D eigenvalue weighted by atomic mass is 10.1.